The molecule has 0 radical (unpaired) electrons. The van der Waals surface area contributed by atoms with Crippen molar-refractivity contribution in [2.24, 2.45) is 0 Å². The normalized spacial score (nSPS) is 15.0. The molecule has 0 bridgehead atoms. The van der Waals surface area contributed by atoms with E-state index in [4.69, 9.17) is 42.9 Å². The zero-order chi connectivity index (χ0) is 27.0. The second-order valence-corrected chi connectivity index (χ2v) is 10.7. The van der Waals surface area contributed by atoms with Gasteiger partial charge in [0, 0.05) is 13.2 Å². The maximum absolute atomic E-state index is 9.16. The van der Waals surface area contributed by atoms with Gasteiger partial charge in [0.2, 0.25) is 0 Å². The van der Waals surface area contributed by atoms with Gasteiger partial charge in [0.05, 0.1) is 37.2 Å². The molecule has 1 rings (SSSR count). The molecule has 1 aliphatic heterocycles. The van der Waals surface area contributed by atoms with Gasteiger partial charge in [-0.15, -0.1) is 23.2 Å². The van der Waals surface area contributed by atoms with E-state index in [1.807, 2.05) is 0 Å². The van der Waals surface area contributed by atoms with E-state index in [1.54, 1.807) is 0 Å². The SMILES string of the molecule is CCCCCCCCCCCCO.CCCCCCCCCCCCOCC(O)CCl.ClCC1CO1. The average Bonchev–Trinajstić information content (AvgIpc) is 3.74. The number of alkyl halides is 2. The molecule has 0 aromatic carbocycles. The number of unbranched alkanes of at least 4 members (excludes halogenated alkanes) is 18. The van der Waals surface area contributed by atoms with E-state index in [0.29, 0.717) is 25.2 Å². The molecule has 0 aromatic heterocycles. The number of epoxide rings is 1. The molecule has 0 aliphatic carbocycles. The number of halogens is 2. The molecule has 1 fully saturated rings. The molecule has 0 aromatic rings. The highest BCUT2D eigenvalue weighted by atomic mass is 35.5. The maximum Gasteiger partial charge on any atom is 0.0944 e. The lowest BCUT2D eigenvalue weighted by Gasteiger charge is -2.07. The second kappa shape index (κ2) is 35.4. The standard InChI is InChI=1S/C15H31ClO2.C12H26O.C3H5ClO/c1-2-3-4-5-6-7-8-9-10-11-12-18-14-15(17)13-16;1-2-3-4-5-6-7-8-9-10-11-12-13;4-1-3-2-5-3/h15,17H,2-14H2,1H3;13H,2-12H2,1H3;3H,1-2H2. The van der Waals surface area contributed by atoms with Crippen LogP contribution in [0.3, 0.4) is 0 Å². The molecule has 0 amide bonds. The van der Waals surface area contributed by atoms with E-state index in [1.165, 1.54) is 116 Å². The van der Waals surface area contributed by atoms with Crippen molar-refractivity contribution in [3.05, 3.63) is 0 Å². The van der Waals surface area contributed by atoms with Crippen molar-refractivity contribution >= 4 is 23.2 Å². The molecule has 2 N–H and O–H groups in total. The van der Waals surface area contributed by atoms with Crippen LogP contribution in [-0.2, 0) is 9.47 Å². The van der Waals surface area contributed by atoms with Gasteiger partial charge in [-0.1, -0.05) is 129 Å². The van der Waals surface area contributed by atoms with Crippen LogP contribution in [0.15, 0.2) is 0 Å². The van der Waals surface area contributed by atoms with Gasteiger partial charge in [0.15, 0.2) is 0 Å². The predicted molar refractivity (Wildman–Crippen MR) is 159 cm³/mol. The Labute approximate surface area is 235 Å². The van der Waals surface area contributed by atoms with E-state index in [-0.39, 0.29) is 5.88 Å². The molecule has 1 saturated heterocycles. The first-order valence-corrected chi connectivity index (χ1v) is 16.3. The molecule has 1 aliphatic rings. The number of rotatable bonds is 25. The highest BCUT2D eigenvalue weighted by Gasteiger charge is 2.19. The summed E-state index contributed by atoms with van der Waals surface area (Å²) < 4.78 is 10.0. The lowest BCUT2D eigenvalue weighted by atomic mass is 10.1. The first-order valence-electron chi connectivity index (χ1n) is 15.3. The Bertz CT molecular complexity index is 361. The minimum atomic E-state index is -0.505. The van der Waals surface area contributed by atoms with Gasteiger partial charge < -0.3 is 19.7 Å². The van der Waals surface area contributed by atoms with Crippen LogP contribution in [0.25, 0.3) is 0 Å². The summed E-state index contributed by atoms with van der Waals surface area (Å²) in [6, 6.07) is 0. The van der Waals surface area contributed by atoms with Crippen molar-refractivity contribution in [2.75, 3.05) is 38.2 Å². The van der Waals surface area contributed by atoms with Crippen LogP contribution in [-0.4, -0.2) is 60.6 Å². The molecule has 4 nitrogen and oxygen atoms in total. The third kappa shape index (κ3) is 38.9. The van der Waals surface area contributed by atoms with Crippen molar-refractivity contribution in [1.82, 2.24) is 0 Å². The molecule has 6 heteroatoms. The average molecular weight is 558 g/mol. The Hall–Kier alpha value is 0.420. The third-order valence-corrected chi connectivity index (χ3v) is 6.92. The van der Waals surface area contributed by atoms with E-state index in [9.17, 15) is 0 Å². The van der Waals surface area contributed by atoms with Crippen molar-refractivity contribution in [2.45, 2.75) is 154 Å². The molecule has 0 saturated carbocycles. The minimum absolute atomic E-state index is 0.262. The summed E-state index contributed by atoms with van der Waals surface area (Å²) in [7, 11) is 0. The Morgan fingerprint density at radius 3 is 1.39 bits per heavy atom. The third-order valence-electron chi connectivity index (χ3n) is 6.22. The van der Waals surface area contributed by atoms with Crippen LogP contribution in [0, 0.1) is 0 Å². The Balaban J connectivity index is 0. The first kappa shape index (κ1) is 38.6. The number of ether oxygens (including phenoxy) is 2. The van der Waals surface area contributed by atoms with Gasteiger partial charge in [-0.2, -0.15) is 0 Å². The van der Waals surface area contributed by atoms with Crippen molar-refractivity contribution < 1.29 is 19.7 Å². The highest BCUT2D eigenvalue weighted by Crippen LogP contribution is 2.11. The molecule has 0 spiro atoms. The Kier molecular flexibility index (Phi) is 37.9. The topological polar surface area (TPSA) is 62.2 Å². The van der Waals surface area contributed by atoms with Crippen LogP contribution in [0.5, 0.6) is 0 Å². The summed E-state index contributed by atoms with van der Waals surface area (Å²) in [4.78, 5) is 0. The van der Waals surface area contributed by atoms with Gasteiger partial charge in [-0.05, 0) is 12.8 Å². The van der Waals surface area contributed by atoms with Gasteiger partial charge in [-0.25, -0.2) is 0 Å². The van der Waals surface area contributed by atoms with Crippen LogP contribution in [0.2, 0.25) is 0 Å². The van der Waals surface area contributed by atoms with E-state index in [2.05, 4.69) is 13.8 Å². The summed E-state index contributed by atoms with van der Waals surface area (Å²) in [6.45, 7) is 6.90. The smallest absolute Gasteiger partial charge is 0.0944 e. The highest BCUT2D eigenvalue weighted by molar-refractivity contribution is 6.18. The lowest BCUT2D eigenvalue weighted by molar-refractivity contribution is 0.0461. The number of aliphatic hydroxyl groups excluding tert-OH is 2. The monoisotopic (exact) mass is 556 g/mol. The molecule has 36 heavy (non-hydrogen) atoms. The Morgan fingerprint density at radius 1 is 0.694 bits per heavy atom. The number of hydrogen-bond donors (Lipinski definition) is 2. The van der Waals surface area contributed by atoms with Crippen molar-refractivity contribution in [3.63, 3.8) is 0 Å². The zero-order valence-electron chi connectivity index (χ0n) is 24.0. The van der Waals surface area contributed by atoms with Crippen LogP contribution in [0.4, 0.5) is 0 Å². The quantitative estimate of drug-likeness (QED) is 0.0668. The number of hydrogen-bond acceptors (Lipinski definition) is 4. The fraction of sp³-hybridized carbons (Fsp3) is 1.00. The fourth-order valence-corrected chi connectivity index (χ4v) is 3.98. The molecule has 220 valence electrons. The summed E-state index contributed by atoms with van der Waals surface area (Å²) >= 11 is 10.7. The summed E-state index contributed by atoms with van der Waals surface area (Å²) in [5.41, 5.74) is 0. The van der Waals surface area contributed by atoms with E-state index in [0.717, 1.165) is 26.1 Å². The van der Waals surface area contributed by atoms with Crippen molar-refractivity contribution in [1.29, 1.82) is 0 Å². The molecule has 2 atom stereocenters. The molecule has 2 unspecified atom stereocenters. The van der Waals surface area contributed by atoms with E-state index < -0.39 is 6.10 Å². The van der Waals surface area contributed by atoms with E-state index >= 15 is 0 Å². The summed E-state index contributed by atoms with van der Waals surface area (Å²) in [5.74, 6) is 0.929. The minimum Gasteiger partial charge on any atom is -0.396 e. The molecular weight excluding hydrogens is 495 g/mol. The van der Waals surface area contributed by atoms with Crippen LogP contribution in [0.1, 0.15) is 142 Å². The summed E-state index contributed by atoms with van der Waals surface area (Å²) in [6.07, 6.45) is 26.5. The van der Waals surface area contributed by atoms with Crippen molar-refractivity contribution in [3.8, 4) is 0 Å². The first-order chi connectivity index (χ1) is 17.7. The zero-order valence-corrected chi connectivity index (χ0v) is 25.5. The van der Waals surface area contributed by atoms with Gasteiger partial charge in [-0.3, -0.25) is 0 Å². The van der Waals surface area contributed by atoms with Gasteiger partial charge in [0.25, 0.3) is 0 Å². The fourth-order valence-electron chi connectivity index (χ4n) is 3.71. The van der Waals surface area contributed by atoms with Crippen LogP contribution >= 0.6 is 23.2 Å². The largest absolute Gasteiger partial charge is 0.396 e. The maximum atomic E-state index is 9.16. The second-order valence-electron chi connectivity index (χ2n) is 10.1. The van der Waals surface area contributed by atoms with Gasteiger partial charge >= 0.3 is 0 Å². The molecular formula is C30H62Cl2O4. The van der Waals surface area contributed by atoms with Gasteiger partial charge in [0.1, 0.15) is 0 Å². The predicted octanol–water partition coefficient (Wildman–Crippen LogP) is 9.05. The lowest BCUT2D eigenvalue weighted by Crippen LogP contribution is -2.17. The Morgan fingerprint density at radius 2 is 1.08 bits per heavy atom. The van der Waals surface area contributed by atoms with Crippen LogP contribution < -0.4 is 0 Å². The number of aliphatic hydroxyl groups is 2. The molecule has 1 heterocycles. The summed E-state index contributed by atoms with van der Waals surface area (Å²) in [5, 5.41) is 17.7.